The number of allylic oxidation sites excluding steroid dienone is 1. The average molecular weight is 348 g/mol. The van der Waals surface area contributed by atoms with E-state index in [1.807, 2.05) is 42.5 Å². The highest BCUT2D eigenvalue weighted by atomic mass is 16.5. The lowest BCUT2D eigenvalue weighted by Gasteiger charge is -2.09. The summed E-state index contributed by atoms with van der Waals surface area (Å²) in [5, 5.41) is 11.8. The molecule has 0 aliphatic heterocycles. The molecule has 0 saturated heterocycles. The number of nitrogens with zero attached hydrogens (tertiary/aromatic N) is 1. The van der Waals surface area contributed by atoms with Crippen LogP contribution in [0.4, 0.5) is 5.69 Å². The zero-order valence-electron chi connectivity index (χ0n) is 14.5. The van der Waals surface area contributed by atoms with Gasteiger partial charge in [-0.2, -0.15) is 5.26 Å². The van der Waals surface area contributed by atoms with Crippen molar-refractivity contribution in [1.29, 1.82) is 5.26 Å². The normalized spacial score (nSPS) is 11.5. The average Bonchev–Trinajstić information content (AvgIpc) is 2.67. The number of nitrogens with one attached hydrogen (secondary N) is 1. The first-order valence-corrected chi connectivity index (χ1v) is 8.23. The van der Waals surface area contributed by atoms with Gasteiger partial charge in [0.25, 0.3) is 0 Å². The Morgan fingerprint density at radius 1 is 1.15 bits per heavy atom. The molecule has 2 aromatic carbocycles. The minimum absolute atomic E-state index is 0.137. The van der Waals surface area contributed by atoms with Crippen molar-refractivity contribution in [2.24, 2.45) is 5.92 Å². The maximum absolute atomic E-state index is 12.2. The predicted molar refractivity (Wildman–Crippen MR) is 100 cm³/mol. The zero-order chi connectivity index (χ0) is 18.8. The molecule has 0 unspecified atom stereocenters. The van der Waals surface area contributed by atoms with E-state index >= 15 is 0 Å². The van der Waals surface area contributed by atoms with Crippen LogP contribution in [0.25, 0.3) is 6.08 Å². The number of carbonyl (C=O) groups is 2. The van der Waals surface area contributed by atoms with Crippen molar-refractivity contribution in [1.82, 2.24) is 0 Å². The van der Waals surface area contributed by atoms with E-state index in [-0.39, 0.29) is 6.42 Å². The number of carbonyl (C=O) groups excluding carboxylic acids is 2. The number of benzene rings is 2. The highest BCUT2D eigenvalue weighted by Crippen LogP contribution is 2.16. The summed E-state index contributed by atoms with van der Waals surface area (Å²) >= 11 is 0. The fraction of sp³-hybridized carbons (Fsp3) is 0.190. The van der Waals surface area contributed by atoms with Gasteiger partial charge in [-0.15, -0.1) is 0 Å². The molecule has 5 nitrogen and oxygen atoms in total. The third-order valence-electron chi connectivity index (χ3n) is 3.74. The molecule has 0 spiro atoms. The molecule has 1 atom stereocenters. The number of hydrogen-bond acceptors (Lipinski definition) is 4. The number of amides is 1. The third kappa shape index (κ3) is 5.60. The summed E-state index contributed by atoms with van der Waals surface area (Å²) < 4.78 is 5.04. The number of methoxy groups -OCH3 is 1. The Balaban J connectivity index is 1.87. The largest absolute Gasteiger partial charge is 0.497 e. The topological polar surface area (TPSA) is 79.2 Å². The van der Waals surface area contributed by atoms with Crippen LogP contribution in [0.2, 0.25) is 0 Å². The maximum Gasteiger partial charge on any atom is 0.249 e. The molecule has 1 N–H and O–H groups in total. The molecule has 0 aromatic heterocycles. The number of Topliss-reactive ketones (excluding diaryl/α,β-unsaturated/α-hetero) is 1. The first-order valence-electron chi connectivity index (χ1n) is 8.23. The van der Waals surface area contributed by atoms with Crippen molar-refractivity contribution in [2.75, 3.05) is 12.4 Å². The van der Waals surface area contributed by atoms with Crippen molar-refractivity contribution in [3.05, 3.63) is 66.2 Å². The Hall–Kier alpha value is -3.39. The minimum atomic E-state index is -1.32. The quantitative estimate of drug-likeness (QED) is 0.735. The summed E-state index contributed by atoms with van der Waals surface area (Å²) in [6.07, 6.45) is 4.38. The molecule has 2 rings (SSSR count). The molecule has 0 heterocycles. The van der Waals surface area contributed by atoms with E-state index in [1.54, 1.807) is 37.4 Å². The molecule has 26 heavy (non-hydrogen) atoms. The molecule has 0 saturated carbocycles. The van der Waals surface area contributed by atoms with E-state index in [2.05, 4.69) is 5.32 Å². The van der Waals surface area contributed by atoms with Crippen LogP contribution in [0.3, 0.4) is 0 Å². The third-order valence-corrected chi connectivity index (χ3v) is 3.74. The van der Waals surface area contributed by atoms with Gasteiger partial charge in [0.1, 0.15) is 5.75 Å². The van der Waals surface area contributed by atoms with E-state index in [0.29, 0.717) is 17.9 Å². The van der Waals surface area contributed by atoms with Gasteiger partial charge in [0.15, 0.2) is 11.7 Å². The van der Waals surface area contributed by atoms with Crippen molar-refractivity contribution in [2.45, 2.75) is 12.8 Å². The van der Waals surface area contributed by atoms with Crippen LogP contribution in [0.15, 0.2) is 60.7 Å². The zero-order valence-corrected chi connectivity index (χ0v) is 14.5. The van der Waals surface area contributed by atoms with Gasteiger partial charge in [0.05, 0.1) is 13.2 Å². The summed E-state index contributed by atoms with van der Waals surface area (Å²) in [7, 11) is 1.55. The van der Waals surface area contributed by atoms with Gasteiger partial charge < -0.3 is 10.1 Å². The Morgan fingerprint density at radius 3 is 2.46 bits per heavy atom. The lowest BCUT2D eigenvalue weighted by molar-refractivity contribution is -0.128. The molecule has 0 aliphatic carbocycles. The first-order chi connectivity index (χ1) is 12.6. The first kappa shape index (κ1) is 18.9. The van der Waals surface area contributed by atoms with Gasteiger partial charge in [0.2, 0.25) is 5.91 Å². The predicted octanol–water partition coefficient (Wildman–Crippen LogP) is 3.84. The summed E-state index contributed by atoms with van der Waals surface area (Å²) in [6, 6.07) is 18.2. The molecular formula is C21H20N2O3. The minimum Gasteiger partial charge on any atom is -0.497 e. The molecule has 0 bridgehead atoms. The molecule has 2 aromatic rings. The van der Waals surface area contributed by atoms with E-state index in [9.17, 15) is 14.9 Å². The van der Waals surface area contributed by atoms with Gasteiger partial charge in [-0.05, 0) is 36.2 Å². The van der Waals surface area contributed by atoms with Gasteiger partial charge in [-0.25, -0.2) is 0 Å². The highest BCUT2D eigenvalue weighted by molar-refractivity contribution is 6.09. The molecule has 1 amide bonds. The number of anilines is 1. The Labute approximate surface area is 152 Å². The summed E-state index contributed by atoms with van der Waals surface area (Å²) in [4.78, 5) is 24.4. The van der Waals surface area contributed by atoms with E-state index in [4.69, 9.17) is 4.74 Å². The van der Waals surface area contributed by atoms with Crippen LogP contribution in [-0.2, 0) is 9.59 Å². The lowest BCUT2D eigenvalue weighted by Crippen LogP contribution is -2.28. The Bertz CT molecular complexity index is 805. The van der Waals surface area contributed by atoms with Gasteiger partial charge in [0, 0.05) is 12.1 Å². The van der Waals surface area contributed by atoms with Gasteiger partial charge in [-0.3, -0.25) is 9.59 Å². The second kappa shape index (κ2) is 9.80. The molecule has 0 radical (unpaired) electrons. The van der Waals surface area contributed by atoms with Crippen molar-refractivity contribution in [3.8, 4) is 11.8 Å². The van der Waals surface area contributed by atoms with Crippen LogP contribution < -0.4 is 10.1 Å². The smallest absolute Gasteiger partial charge is 0.249 e. The standard InChI is InChI=1S/C21H20N2O3/c1-26-18-13-11-17(12-14-18)23-21(25)19(15-22)20(24)10-6-5-9-16-7-3-2-4-8-16/h2-5,7-9,11-14,19H,6,10H2,1H3,(H,23,25)/b9-5-/t19-/m0/s1. The SMILES string of the molecule is COc1ccc(NC(=O)[C@@H](C#N)C(=O)CC/C=C\c2ccccc2)cc1. The Morgan fingerprint density at radius 2 is 1.85 bits per heavy atom. The summed E-state index contributed by atoms with van der Waals surface area (Å²) in [5.74, 6) is -1.67. The second-order valence-electron chi connectivity index (χ2n) is 5.60. The molecule has 5 heteroatoms. The van der Waals surface area contributed by atoms with Crippen LogP contribution >= 0.6 is 0 Å². The molecule has 0 aliphatic rings. The van der Waals surface area contributed by atoms with Gasteiger partial charge in [-0.1, -0.05) is 42.5 Å². The fourth-order valence-corrected chi connectivity index (χ4v) is 2.32. The van der Waals surface area contributed by atoms with Crippen molar-refractivity contribution < 1.29 is 14.3 Å². The van der Waals surface area contributed by atoms with Crippen molar-refractivity contribution in [3.63, 3.8) is 0 Å². The number of ketones is 1. The van der Waals surface area contributed by atoms with Crippen molar-refractivity contribution >= 4 is 23.5 Å². The van der Waals surface area contributed by atoms with E-state index in [0.717, 1.165) is 5.56 Å². The van der Waals surface area contributed by atoms with Crippen LogP contribution in [-0.4, -0.2) is 18.8 Å². The summed E-state index contributed by atoms with van der Waals surface area (Å²) in [6.45, 7) is 0. The van der Waals surface area contributed by atoms with Gasteiger partial charge >= 0.3 is 0 Å². The molecule has 0 fully saturated rings. The van der Waals surface area contributed by atoms with Crippen LogP contribution in [0, 0.1) is 17.2 Å². The fourth-order valence-electron chi connectivity index (χ4n) is 2.32. The van der Waals surface area contributed by atoms with E-state index < -0.39 is 17.6 Å². The number of rotatable bonds is 8. The Kier molecular flexibility index (Phi) is 7.14. The van der Waals surface area contributed by atoms with E-state index in [1.165, 1.54) is 0 Å². The molecular weight excluding hydrogens is 328 g/mol. The molecule has 132 valence electrons. The summed E-state index contributed by atoms with van der Waals surface area (Å²) in [5.41, 5.74) is 1.54. The number of hydrogen-bond donors (Lipinski definition) is 1. The number of ether oxygens (including phenoxy) is 1. The highest BCUT2D eigenvalue weighted by Gasteiger charge is 2.25. The maximum atomic E-state index is 12.2. The monoisotopic (exact) mass is 348 g/mol. The lowest BCUT2D eigenvalue weighted by atomic mass is 10.0. The second-order valence-corrected chi connectivity index (χ2v) is 5.60. The number of nitriles is 1. The van der Waals surface area contributed by atoms with Crippen LogP contribution in [0.1, 0.15) is 18.4 Å². The van der Waals surface area contributed by atoms with Crippen LogP contribution in [0.5, 0.6) is 5.75 Å².